The Kier molecular flexibility index (Phi) is 5.89. The average Bonchev–Trinajstić information content (AvgIpc) is 2.54. The lowest BCUT2D eigenvalue weighted by molar-refractivity contribution is -0.114. The van der Waals surface area contributed by atoms with Gasteiger partial charge in [0.25, 0.3) is 15.9 Å². The van der Waals surface area contributed by atoms with Gasteiger partial charge in [0.1, 0.15) is 0 Å². The van der Waals surface area contributed by atoms with Crippen molar-refractivity contribution in [1.29, 1.82) is 0 Å². The molecule has 0 heterocycles. The van der Waals surface area contributed by atoms with Gasteiger partial charge in [-0.3, -0.25) is 14.3 Å². The van der Waals surface area contributed by atoms with Gasteiger partial charge in [-0.25, -0.2) is 8.42 Å². The minimum Gasteiger partial charge on any atom is -0.345 e. The van der Waals surface area contributed by atoms with Crippen molar-refractivity contribution < 1.29 is 18.0 Å². The van der Waals surface area contributed by atoms with Gasteiger partial charge in [0.05, 0.1) is 21.2 Å². The molecule has 0 aliphatic rings. The molecule has 0 atom stereocenters. The smallest absolute Gasteiger partial charge is 0.261 e. The molecule has 9 heteroatoms. The standard InChI is InChI=1S/C17H18ClN3O4S/c1-11(22)19-12-4-7-14(8-5-12)26(24,25)20-13-6-9-15(16(18)10-13)17(23)21(2)3/h4-10,20H,1-3H3,(H,19,22). The first kappa shape index (κ1) is 19.7. The molecule has 2 rings (SSSR count). The molecular weight excluding hydrogens is 378 g/mol. The highest BCUT2D eigenvalue weighted by Crippen LogP contribution is 2.24. The molecule has 0 aromatic heterocycles. The van der Waals surface area contributed by atoms with Crippen molar-refractivity contribution >= 4 is 44.8 Å². The summed E-state index contributed by atoms with van der Waals surface area (Å²) in [7, 11) is -0.647. The van der Waals surface area contributed by atoms with Crippen LogP contribution in [0.4, 0.5) is 11.4 Å². The van der Waals surface area contributed by atoms with Crippen molar-refractivity contribution in [3.8, 4) is 0 Å². The van der Waals surface area contributed by atoms with Gasteiger partial charge in [0.2, 0.25) is 5.91 Å². The van der Waals surface area contributed by atoms with Gasteiger partial charge in [0.15, 0.2) is 0 Å². The molecule has 0 saturated heterocycles. The number of nitrogens with one attached hydrogen (secondary N) is 2. The zero-order valence-electron chi connectivity index (χ0n) is 14.4. The first-order valence-corrected chi connectivity index (χ1v) is 9.38. The molecule has 138 valence electrons. The minimum atomic E-state index is -3.84. The third kappa shape index (κ3) is 4.74. The number of hydrogen-bond donors (Lipinski definition) is 2. The number of carbonyl (C=O) groups excluding carboxylic acids is 2. The van der Waals surface area contributed by atoms with Gasteiger partial charge in [0, 0.05) is 26.7 Å². The molecule has 0 unspecified atom stereocenters. The van der Waals surface area contributed by atoms with Crippen molar-refractivity contribution in [2.24, 2.45) is 0 Å². The molecule has 2 aromatic carbocycles. The highest BCUT2D eigenvalue weighted by molar-refractivity contribution is 7.92. The Morgan fingerprint density at radius 1 is 1.00 bits per heavy atom. The predicted molar refractivity (Wildman–Crippen MR) is 101 cm³/mol. The summed E-state index contributed by atoms with van der Waals surface area (Å²) in [4.78, 5) is 24.4. The molecule has 0 saturated carbocycles. The van der Waals surface area contributed by atoms with E-state index in [4.69, 9.17) is 11.6 Å². The van der Waals surface area contributed by atoms with E-state index in [1.54, 1.807) is 14.1 Å². The monoisotopic (exact) mass is 395 g/mol. The van der Waals surface area contributed by atoms with Gasteiger partial charge in [-0.05, 0) is 42.5 Å². The van der Waals surface area contributed by atoms with Crippen molar-refractivity contribution in [2.75, 3.05) is 24.1 Å². The molecule has 0 fully saturated rings. The molecule has 2 N–H and O–H groups in total. The van der Waals surface area contributed by atoms with Crippen LogP contribution in [0.25, 0.3) is 0 Å². The number of halogens is 1. The number of sulfonamides is 1. The van der Waals surface area contributed by atoms with E-state index in [1.807, 2.05) is 0 Å². The lowest BCUT2D eigenvalue weighted by Crippen LogP contribution is -2.22. The van der Waals surface area contributed by atoms with E-state index in [9.17, 15) is 18.0 Å². The van der Waals surface area contributed by atoms with E-state index in [2.05, 4.69) is 10.0 Å². The summed E-state index contributed by atoms with van der Waals surface area (Å²) in [5, 5.41) is 2.70. The molecule has 0 spiro atoms. The quantitative estimate of drug-likeness (QED) is 0.813. The van der Waals surface area contributed by atoms with E-state index in [0.29, 0.717) is 5.69 Å². The molecule has 7 nitrogen and oxygen atoms in total. The summed E-state index contributed by atoms with van der Waals surface area (Å²) >= 11 is 6.09. The highest BCUT2D eigenvalue weighted by Gasteiger charge is 2.17. The summed E-state index contributed by atoms with van der Waals surface area (Å²) in [5.74, 6) is -0.529. The number of benzene rings is 2. The number of carbonyl (C=O) groups is 2. The summed E-state index contributed by atoms with van der Waals surface area (Å²) in [6.07, 6.45) is 0. The Morgan fingerprint density at radius 2 is 1.58 bits per heavy atom. The van der Waals surface area contributed by atoms with Crippen molar-refractivity contribution in [3.63, 3.8) is 0 Å². The van der Waals surface area contributed by atoms with E-state index < -0.39 is 10.0 Å². The maximum absolute atomic E-state index is 12.5. The molecule has 2 amide bonds. The molecular formula is C17H18ClN3O4S. The number of rotatable bonds is 5. The van der Waals surface area contributed by atoms with E-state index in [-0.39, 0.29) is 33.0 Å². The van der Waals surface area contributed by atoms with E-state index in [0.717, 1.165) is 0 Å². The van der Waals surface area contributed by atoms with Crippen LogP contribution in [-0.4, -0.2) is 39.2 Å². The van der Waals surface area contributed by atoms with Crippen LogP contribution in [0.3, 0.4) is 0 Å². The Bertz CT molecular complexity index is 941. The second-order valence-electron chi connectivity index (χ2n) is 5.71. The molecule has 2 aromatic rings. The lowest BCUT2D eigenvalue weighted by atomic mass is 10.2. The van der Waals surface area contributed by atoms with Crippen molar-refractivity contribution in [2.45, 2.75) is 11.8 Å². The van der Waals surface area contributed by atoms with Crippen LogP contribution in [-0.2, 0) is 14.8 Å². The van der Waals surface area contributed by atoms with E-state index in [1.165, 1.54) is 54.3 Å². The summed E-state index contributed by atoms with van der Waals surface area (Å²) in [6.45, 7) is 1.36. The highest BCUT2D eigenvalue weighted by atomic mass is 35.5. The zero-order chi connectivity index (χ0) is 19.5. The fourth-order valence-corrected chi connectivity index (χ4v) is 3.44. The molecule has 0 aliphatic carbocycles. The number of anilines is 2. The van der Waals surface area contributed by atoms with E-state index >= 15 is 0 Å². The van der Waals surface area contributed by atoms with Gasteiger partial charge >= 0.3 is 0 Å². The first-order chi connectivity index (χ1) is 12.1. The topological polar surface area (TPSA) is 95.6 Å². The van der Waals surface area contributed by atoms with Crippen LogP contribution in [0.2, 0.25) is 5.02 Å². The Balaban J connectivity index is 2.22. The lowest BCUT2D eigenvalue weighted by Gasteiger charge is -2.13. The maximum Gasteiger partial charge on any atom is 0.261 e. The number of amides is 2. The van der Waals surface area contributed by atoms with Gasteiger partial charge in [-0.2, -0.15) is 0 Å². The van der Waals surface area contributed by atoms with Crippen LogP contribution in [0.5, 0.6) is 0 Å². The van der Waals surface area contributed by atoms with Gasteiger partial charge < -0.3 is 10.2 Å². The molecule has 26 heavy (non-hydrogen) atoms. The number of hydrogen-bond acceptors (Lipinski definition) is 4. The summed E-state index contributed by atoms with van der Waals surface area (Å²) < 4.78 is 27.3. The second kappa shape index (κ2) is 7.76. The predicted octanol–water partition coefficient (Wildman–Crippen LogP) is 2.80. The molecule has 0 bridgehead atoms. The van der Waals surface area contributed by atoms with Crippen LogP contribution in [0, 0.1) is 0 Å². The fraction of sp³-hybridized carbons (Fsp3) is 0.176. The van der Waals surface area contributed by atoms with Crippen LogP contribution in [0.1, 0.15) is 17.3 Å². The minimum absolute atomic E-state index is 0.0242. The first-order valence-electron chi connectivity index (χ1n) is 7.52. The van der Waals surface area contributed by atoms with Crippen LogP contribution < -0.4 is 10.0 Å². The Hall–Kier alpha value is -2.58. The van der Waals surface area contributed by atoms with Gasteiger partial charge in [-0.1, -0.05) is 11.6 Å². The van der Waals surface area contributed by atoms with Crippen LogP contribution >= 0.6 is 11.6 Å². The molecule has 0 radical (unpaired) electrons. The summed E-state index contributed by atoms with van der Waals surface area (Å²) in [6, 6.07) is 10.0. The third-order valence-corrected chi connectivity index (χ3v) is 5.05. The van der Waals surface area contributed by atoms with Crippen molar-refractivity contribution in [3.05, 3.63) is 53.1 Å². The second-order valence-corrected chi connectivity index (χ2v) is 7.79. The average molecular weight is 396 g/mol. The number of nitrogens with zero attached hydrogens (tertiary/aromatic N) is 1. The molecule has 0 aliphatic heterocycles. The third-order valence-electron chi connectivity index (χ3n) is 3.34. The maximum atomic E-state index is 12.5. The largest absolute Gasteiger partial charge is 0.345 e. The Morgan fingerprint density at radius 3 is 2.08 bits per heavy atom. The summed E-state index contributed by atoms with van der Waals surface area (Å²) in [5.41, 5.74) is 1.00. The van der Waals surface area contributed by atoms with Crippen molar-refractivity contribution in [1.82, 2.24) is 4.90 Å². The SMILES string of the molecule is CC(=O)Nc1ccc(S(=O)(=O)Nc2ccc(C(=O)N(C)C)c(Cl)c2)cc1. The van der Waals surface area contributed by atoms with Crippen LogP contribution in [0.15, 0.2) is 47.4 Å². The normalized spacial score (nSPS) is 10.9. The Labute approximate surface area is 157 Å². The fourth-order valence-electron chi connectivity index (χ4n) is 2.13. The van der Waals surface area contributed by atoms with Gasteiger partial charge in [-0.15, -0.1) is 0 Å². The zero-order valence-corrected chi connectivity index (χ0v) is 16.0.